The maximum atomic E-state index is 13.3. The lowest BCUT2D eigenvalue weighted by Gasteiger charge is -2.46. The molecule has 2 bridgehead atoms. The molecule has 0 aliphatic heterocycles. The average molecular weight is 379 g/mol. The minimum Gasteiger partial charge on any atom is -0.497 e. The van der Waals surface area contributed by atoms with E-state index >= 15 is 0 Å². The highest BCUT2D eigenvalue weighted by molar-refractivity contribution is 6.02. The molecule has 3 aliphatic rings. The van der Waals surface area contributed by atoms with Crippen molar-refractivity contribution in [2.24, 2.45) is 11.8 Å². The van der Waals surface area contributed by atoms with E-state index in [4.69, 9.17) is 4.74 Å². The zero-order chi connectivity index (χ0) is 19.5. The number of ether oxygens (including phenoxy) is 1. The molecular formula is C21H25N5O2. The van der Waals surface area contributed by atoms with Crippen LogP contribution < -0.4 is 10.1 Å². The Labute approximate surface area is 163 Å². The summed E-state index contributed by atoms with van der Waals surface area (Å²) in [5, 5.41) is 15.8. The lowest BCUT2D eigenvalue weighted by molar-refractivity contribution is -0.127. The summed E-state index contributed by atoms with van der Waals surface area (Å²) < 4.78 is 7.39. The Morgan fingerprint density at radius 2 is 2.25 bits per heavy atom. The normalized spacial score (nSPS) is 25.9. The molecule has 3 aromatic rings. The second-order valence-corrected chi connectivity index (χ2v) is 8.36. The molecule has 7 nitrogen and oxygen atoms in total. The molecular weight excluding hydrogens is 354 g/mol. The van der Waals surface area contributed by atoms with Crippen molar-refractivity contribution in [2.45, 2.75) is 44.6 Å². The summed E-state index contributed by atoms with van der Waals surface area (Å²) in [4.78, 5) is 13.3. The third kappa shape index (κ3) is 2.31. The highest BCUT2D eigenvalue weighted by Gasteiger charge is 2.64. The molecule has 1 aromatic carbocycles. The highest BCUT2D eigenvalue weighted by atomic mass is 16.5. The summed E-state index contributed by atoms with van der Waals surface area (Å²) in [6.45, 7) is 4.27. The number of aromatic nitrogens is 4. The average Bonchev–Trinajstić information content (AvgIpc) is 3.43. The number of aromatic amines is 1. The van der Waals surface area contributed by atoms with Gasteiger partial charge in [-0.15, -0.1) is 0 Å². The molecule has 0 saturated heterocycles. The molecule has 2 heterocycles. The Morgan fingerprint density at radius 3 is 3.00 bits per heavy atom. The molecule has 146 valence electrons. The standard InChI is InChI=1S/C21H25N5O2/c1-12(2)26-17(7-9-22-26)21-8-6-13(11-21)18(21)20(27)23-19-15-10-14(28-3)4-5-16(15)24-25-19/h4-5,7,9-10,12-13,18H,6,8,11H2,1-3H3,(H2,23,24,25,27). The summed E-state index contributed by atoms with van der Waals surface area (Å²) >= 11 is 0. The second-order valence-electron chi connectivity index (χ2n) is 8.36. The van der Waals surface area contributed by atoms with E-state index in [1.807, 2.05) is 24.4 Å². The maximum absolute atomic E-state index is 13.3. The van der Waals surface area contributed by atoms with Crippen molar-refractivity contribution in [1.29, 1.82) is 0 Å². The van der Waals surface area contributed by atoms with Crippen LogP contribution in [0.15, 0.2) is 30.5 Å². The van der Waals surface area contributed by atoms with Gasteiger partial charge in [0, 0.05) is 28.7 Å². The third-order valence-electron chi connectivity index (χ3n) is 6.62. The van der Waals surface area contributed by atoms with Crippen molar-refractivity contribution in [3.8, 4) is 5.75 Å². The van der Waals surface area contributed by atoms with Gasteiger partial charge in [0.05, 0.1) is 18.5 Å². The fourth-order valence-corrected chi connectivity index (χ4v) is 5.36. The van der Waals surface area contributed by atoms with E-state index in [-0.39, 0.29) is 23.3 Å². The SMILES string of the molecule is COc1ccc2[nH]nc(NC(=O)C3C4CCC3(c3ccnn3C(C)C)C4)c2c1. The second kappa shape index (κ2) is 6.09. The number of fused-ring (bicyclic) bond motifs is 2. The van der Waals surface area contributed by atoms with Gasteiger partial charge in [-0.25, -0.2) is 0 Å². The van der Waals surface area contributed by atoms with Gasteiger partial charge in [0.15, 0.2) is 5.82 Å². The minimum absolute atomic E-state index is 0.0287. The van der Waals surface area contributed by atoms with Crippen LogP contribution >= 0.6 is 0 Å². The molecule has 2 aromatic heterocycles. The number of anilines is 1. The number of amides is 1. The molecule has 7 heteroatoms. The summed E-state index contributed by atoms with van der Waals surface area (Å²) in [6, 6.07) is 8.06. The van der Waals surface area contributed by atoms with Crippen LogP contribution in [-0.2, 0) is 10.2 Å². The zero-order valence-electron chi connectivity index (χ0n) is 16.4. The van der Waals surface area contributed by atoms with Gasteiger partial charge in [-0.05, 0) is 63.3 Å². The van der Waals surface area contributed by atoms with Crippen molar-refractivity contribution < 1.29 is 9.53 Å². The number of H-pyrrole nitrogens is 1. The molecule has 28 heavy (non-hydrogen) atoms. The molecule has 3 aliphatic carbocycles. The van der Waals surface area contributed by atoms with Crippen molar-refractivity contribution >= 4 is 22.6 Å². The van der Waals surface area contributed by atoms with Gasteiger partial charge >= 0.3 is 0 Å². The highest BCUT2D eigenvalue weighted by Crippen LogP contribution is 2.64. The lowest BCUT2D eigenvalue weighted by atomic mass is 9.58. The van der Waals surface area contributed by atoms with Gasteiger partial charge in [0.2, 0.25) is 5.91 Å². The van der Waals surface area contributed by atoms with Gasteiger partial charge in [0.25, 0.3) is 0 Å². The number of nitrogens with one attached hydrogen (secondary N) is 2. The smallest absolute Gasteiger partial charge is 0.229 e. The van der Waals surface area contributed by atoms with Gasteiger partial charge in [-0.1, -0.05) is 0 Å². The predicted octanol–water partition coefficient (Wildman–Crippen LogP) is 3.66. The molecule has 2 N–H and O–H groups in total. The maximum Gasteiger partial charge on any atom is 0.229 e. The minimum atomic E-state index is -0.0979. The molecule has 3 unspecified atom stereocenters. The number of carbonyl (C=O) groups is 1. The van der Waals surface area contributed by atoms with Crippen LogP contribution in [0.3, 0.4) is 0 Å². The third-order valence-corrected chi connectivity index (χ3v) is 6.62. The van der Waals surface area contributed by atoms with Crippen LogP contribution in [0.25, 0.3) is 10.9 Å². The number of rotatable bonds is 5. The van der Waals surface area contributed by atoms with Crippen molar-refractivity contribution in [1.82, 2.24) is 20.0 Å². The first-order valence-electron chi connectivity index (χ1n) is 9.90. The Bertz CT molecular complexity index is 1050. The van der Waals surface area contributed by atoms with E-state index in [9.17, 15) is 4.79 Å². The number of carbonyl (C=O) groups excluding carboxylic acids is 1. The fraction of sp³-hybridized carbons (Fsp3) is 0.476. The molecule has 6 rings (SSSR count). The van der Waals surface area contributed by atoms with Crippen LogP contribution in [-0.4, -0.2) is 33.0 Å². The first-order chi connectivity index (χ1) is 13.5. The summed E-state index contributed by atoms with van der Waals surface area (Å²) in [6.07, 6.45) is 5.07. The molecule has 0 radical (unpaired) electrons. The number of benzene rings is 1. The van der Waals surface area contributed by atoms with Crippen molar-refractivity contribution in [2.75, 3.05) is 12.4 Å². The van der Waals surface area contributed by atoms with Crippen LogP contribution in [0.2, 0.25) is 0 Å². The zero-order valence-corrected chi connectivity index (χ0v) is 16.4. The van der Waals surface area contributed by atoms with Crippen LogP contribution in [0.1, 0.15) is 44.8 Å². The van der Waals surface area contributed by atoms with E-state index in [1.54, 1.807) is 7.11 Å². The Balaban J connectivity index is 1.45. The Morgan fingerprint density at radius 1 is 1.39 bits per heavy atom. The summed E-state index contributed by atoms with van der Waals surface area (Å²) in [5.41, 5.74) is 1.98. The number of hydrogen-bond donors (Lipinski definition) is 2. The van der Waals surface area contributed by atoms with E-state index in [0.29, 0.717) is 11.7 Å². The first kappa shape index (κ1) is 17.3. The fourth-order valence-electron chi connectivity index (χ4n) is 5.36. The summed E-state index contributed by atoms with van der Waals surface area (Å²) in [5.74, 6) is 1.78. The predicted molar refractivity (Wildman–Crippen MR) is 106 cm³/mol. The largest absolute Gasteiger partial charge is 0.497 e. The van der Waals surface area contributed by atoms with Crippen LogP contribution in [0, 0.1) is 11.8 Å². The van der Waals surface area contributed by atoms with Crippen LogP contribution in [0.4, 0.5) is 5.82 Å². The van der Waals surface area contributed by atoms with E-state index in [1.165, 1.54) is 5.69 Å². The summed E-state index contributed by atoms with van der Waals surface area (Å²) in [7, 11) is 1.63. The number of methoxy groups -OCH3 is 1. The number of hydrogen-bond acceptors (Lipinski definition) is 4. The molecule has 3 fully saturated rings. The topological polar surface area (TPSA) is 84.8 Å². The first-order valence-corrected chi connectivity index (χ1v) is 9.90. The van der Waals surface area contributed by atoms with Crippen molar-refractivity contribution in [3.05, 3.63) is 36.2 Å². The van der Waals surface area contributed by atoms with E-state index in [0.717, 1.165) is 35.9 Å². The van der Waals surface area contributed by atoms with Gasteiger partial charge in [-0.3, -0.25) is 14.6 Å². The molecule has 0 spiro atoms. The quantitative estimate of drug-likeness (QED) is 0.709. The Kier molecular flexibility index (Phi) is 3.76. The van der Waals surface area contributed by atoms with Gasteiger partial charge in [-0.2, -0.15) is 10.2 Å². The Hall–Kier alpha value is -2.83. The van der Waals surface area contributed by atoms with E-state index < -0.39 is 0 Å². The molecule has 3 atom stereocenters. The number of nitrogens with zero attached hydrogens (tertiary/aromatic N) is 3. The van der Waals surface area contributed by atoms with Gasteiger partial charge in [0.1, 0.15) is 5.75 Å². The lowest BCUT2D eigenvalue weighted by Crippen LogP contribution is -2.51. The van der Waals surface area contributed by atoms with Gasteiger partial charge < -0.3 is 10.1 Å². The van der Waals surface area contributed by atoms with Crippen molar-refractivity contribution in [3.63, 3.8) is 0 Å². The van der Waals surface area contributed by atoms with E-state index in [2.05, 4.69) is 45.2 Å². The monoisotopic (exact) mass is 379 g/mol. The molecule has 3 saturated carbocycles. The molecule has 1 amide bonds. The van der Waals surface area contributed by atoms with Crippen LogP contribution in [0.5, 0.6) is 5.75 Å².